The Morgan fingerprint density at radius 1 is 1.16 bits per heavy atom. The molecule has 2 N–H and O–H groups in total. The lowest BCUT2D eigenvalue weighted by Gasteiger charge is -2.24. The molecular formula is C21H19F6N5. The van der Waals surface area contributed by atoms with Crippen LogP contribution in [-0.4, -0.2) is 44.2 Å². The molecule has 8 rings (SSSR count). The van der Waals surface area contributed by atoms with E-state index in [1.54, 1.807) is 11.1 Å². The summed E-state index contributed by atoms with van der Waals surface area (Å²) in [5, 5.41) is 0. The molecule has 4 heterocycles. The monoisotopic (exact) mass is 455 g/mol. The lowest BCUT2D eigenvalue weighted by molar-refractivity contribution is -0.147. The van der Waals surface area contributed by atoms with Crippen molar-refractivity contribution in [2.45, 2.75) is 55.7 Å². The molecule has 6 aliphatic rings. The largest absolute Gasteiger partial charge is 0.419 e. The fraction of sp³-hybridized carbons (Fsp3) is 0.619. The predicted octanol–water partition coefficient (Wildman–Crippen LogP) is 3.84. The van der Waals surface area contributed by atoms with E-state index in [1.165, 1.54) is 6.20 Å². The van der Waals surface area contributed by atoms with Gasteiger partial charge in [0.05, 0.1) is 23.3 Å². The van der Waals surface area contributed by atoms with Crippen LogP contribution >= 0.6 is 0 Å². The molecular weight excluding hydrogens is 436 g/mol. The molecule has 0 aromatic carbocycles. The first-order chi connectivity index (χ1) is 15.0. The Labute approximate surface area is 178 Å². The zero-order valence-corrected chi connectivity index (χ0v) is 16.7. The molecule has 2 saturated heterocycles. The fourth-order valence-corrected chi connectivity index (χ4v) is 6.87. The summed E-state index contributed by atoms with van der Waals surface area (Å²) in [5.41, 5.74) is 4.51. The van der Waals surface area contributed by atoms with Crippen LogP contribution in [0.4, 0.5) is 32.2 Å². The van der Waals surface area contributed by atoms with Crippen LogP contribution in [0, 0.1) is 17.3 Å². The number of nitrogens with zero attached hydrogens (tertiary/aromatic N) is 4. The third kappa shape index (κ3) is 2.20. The summed E-state index contributed by atoms with van der Waals surface area (Å²) < 4.78 is 81.3. The standard InChI is InChI=1S/C21H19F6N5/c22-19(23,24)8-31-13-5-18(13)15-16(31)20(15,18)32-7-12(30-14(32)3-9-1-2-9)10-4-11(21(25,26)27)17(28)29-6-10/h4,6-7,9,13,15-16H,1-3,5,8H2,(H2,28,29)/t13?,15?,16?,18-,20+/m1/s1. The molecule has 1 spiro atoms. The highest BCUT2D eigenvalue weighted by molar-refractivity contribution is 5.66. The van der Waals surface area contributed by atoms with Gasteiger partial charge in [-0.25, -0.2) is 9.97 Å². The van der Waals surface area contributed by atoms with E-state index in [-0.39, 0.29) is 34.5 Å². The van der Waals surface area contributed by atoms with E-state index in [0.29, 0.717) is 18.0 Å². The van der Waals surface area contributed by atoms with E-state index in [4.69, 9.17) is 5.73 Å². The molecule has 5 nitrogen and oxygen atoms in total. The minimum Gasteiger partial charge on any atom is -0.383 e. The summed E-state index contributed by atoms with van der Waals surface area (Å²) in [5.74, 6) is 0.833. The first-order valence-electron chi connectivity index (χ1n) is 10.7. The van der Waals surface area contributed by atoms with Crippen molar-refractivity contribution < 1.29 is 26.3 Å². The van der Waals surface area contributed by atoms with Gasteiger partial charge in [0.2, 0.25) is 0 Å². The van der Waals surface area contributed by atoms with E-state index in [9.17, 15) is 26.3 Å². The van der Waals surface area contributed by atoms with Crippen LogP contribution in [-0.2, 0) is 18.1 Å². The van der Waals surface area contributed by atoms with Crippen LogP contribution < -0.4 is 5.73 Å². The first kappa shape index (κ1) is 19.2. The van der Waals surface area contributed by atoms with Crippen molar-refractivity contribution in [2.24, 2.45) is 17.3 Å². The van der Waals surface area contributed by atoms with Crippen LogP contribution in [0.2, 0.25) is 0 Å². The number of alkyl halides is 6. The second-order valence-electron chi connectivity index (χ2n) is 10.0. The quantitative estimate of drug-likeness (QED) is 0.697. The van der Waals surface area contributed by atoms with Gasteiger partial charge in [0.1, 0.15) is 11.6 Å². The maximum Gasteiger partial charge on any atom is 0.419 e. The van der Waals surface area contributed by atoms with E-state index >= 15 is 0 Å². The van der Waals surface area contributed by atoms with Gasteiger partial charge in [-0.3, -0.25) is 4.90 Å². The van der Waals surface area contributed by atoms with Gasteiger partial charge in [-0.2, -0.15) is 26.3 Å². The van der Waals surface area contributed by atoms with E-state index in [2.05, 4.69) is 9.97 Å². The van der Waals surface area contributed by atoms with E-state index in [0.717, 1.165) is 31.2 Å². The number of halogens is 6. The summed E-state index contributed by atoms with van der Waals surface area (Å²) in [6, 6.07) is 0.750. The molecule has 4 aliphatic carbocycles. The lowest BCUT2D eigenvalue weighted by Crippen LogP contribution is -2.38. The molecule has 2 bridgehead atoms. The number of hydrogen-bond donors (Lipinski definition) is 1. The molecule has 0 radical (unpaired) electrons. The number of rotatable bonds is 5. The number of anilines is 1. The van der Waals surface area contributed by atoms with Gasteiger partial charge in [0.15, 0.2) is 0 Å². The van der Waals surface area contributed by atoms with Crippen molar-refractivity contribution in [3.8, 4) is 11.3 Å². The highest BCUT2D eigenvalue weighted by Gasteiger charge is 3.10. The Morgan fingerprint density at radius 2 is 1.91 bits per heavy atom. The average molecular weight is 455 g/mol. The summed E-state index contributed by atoms with van der Waals surface area (Å²) in [4.78, 5) is 9.98. The maximum absolute atomic E-state index is 13.3. The minimum absolute atomic E-state index is 0.0474. The lowest BCUT2D eigenvalue weighted by atomic mass is 10.1. The van der Waals surface area contributed by atoms with Crippen molar-refractivity contribution in [1.29, 1.82) is 0 Å². The molecule has 170 valence electrons. The van der Waals surface area contributed by atoms with Crippen molar-refractivity contribution in [1.82, 2.24) is 19.4 Å². The van der Waals surface area contributed by atoms with Gasteiger partial charge in [-0.1, -0.05) is 0 Å². The Kier molecular flexibility index (Phi) is 3.16. The van der Waals surface area contributed by atoms with Gasteiger partial charge in [0.25, 0.3) is 0 Å². The third-order valence-corrected chi connectivity index (χ3v) is 8.30. The number of hydrogen-bond acceptors (Lipinski definition) is 4. The first-order valence-corrected chi connectivity index (χ1v) is 10.7. The summed E-state index contributed by atoms with van der Waals surface area (Å²) >= 11 is 0. The van der Waals surface area contributed by atoms with Crippen molar-refractivity contribution in [3.05, 3.63) is 29.8 Å². The maximum atomic E-state index is 13.3. The van der Waals surface area contributed by atoms with Crippen LogP contribution in [0.25, 0.3) is 11.3 Å². The molecule has 2 aromatic heterocycles. The Morgan fingerprint density at radius 3 is 2.53 bits per heavy atom. The Bertz CT molecular complexity index is 1170. The number of imidazole rings is 1. The zero-order valence-electron chi connectivity index (χ0n) is 16.7. The van der Waals surface area contributed by atoms with Crippen LogP contribution in [0.1, 0.15) is 30.7 Å². The summed E-state index contributed by atoms with van der Waals surface area (Å²) in [6.07, 6.45) is -2.30. The van der Waals surface area contributed by atoms with E-state index in [1.807, 2.05) is 4.57 Å². The van der Waals surface area contributed by atoms with Gasteiger partial charge in [-0.05, 0) is 31.2 Å². The highest BCUT2D eigenvalue weighted by atomic mass is 19.4. The molecule has 2 aliphatic heterocycles. The van der Waals surface area contributed by atoms with Crippen LogP contribution in [0.15, 0.2) is 18.5 Å². The molecule has 3 unspecified atom stereocenters. The van der Waals surface area contributed by atoms with Crippen molar-refractivity contribution in [3.63, 3.8) is 0 Å². The third-order valence-electron chi connectivity index (χ3n) is 8.30. The summed E-state index contributed by atoms with van der Waals surface area (Å²) in [7, 11) is 0. The zero-order chi connectivity index (χ0) is 22.4. The number of nitrogens with two attached hydrogens (primary N) is 1. The predicted molar refractivity (Wildman–Crippen MR) is 100 cm³/mol. The fourth-order valence-electron chi connectivity index (χ4n) is 6.87. The summed E-state index contributed by atoms with van der Waals surface area (Å²) in [6.45, 7) is -0.904. The number of pyridine rings is 1. The molecule has 0 amide bonds. The van der Waals surface area contributed by atoms with Gasteiger partial charge < -0.3 is 10.3 Å². The van der Waals surface area contributed by atoms with Crippen molar-refractivity contribution in [2.75, 3.05) is 12.3 Å². The minimum atomic E-state index is -4.64. The molecule has 4 saturated carbocycles. The molecule has 2 aromatic rings. The number of aromatic nitrogens is 3. The highest BCUT2D eigenvalue weighted by Crippen LogP contribution is 3.02. The molecule has 6 fully saturated rings. The second kappa shape index (κ2) is 5.26. The topological polar surface area (TPSA) is 60.0 Å². The normalized spacial score (nSPS) is 36.8. The SMILES string of the molecule is Nc1ncc(-c2cn([C@]34C5C3[C@]43CC3N5CC(F)(F)F)c(CC3CC3)n2)cc1C(F)(F)F. The molecule has 5 atom stereocenters. The number of piperidine rings is 3. The van der Waals surface area contributed by atoms with Gasteiger partial charge >= 0.3 is 12.4 Å². The Hall–Kier alpha value is -2.30. The van der Waals surface area contributed by atoms with Gasteiger partial charge in [-0.15, -0.1) is 0 Å². The molecule has 32 heavy (non-hydrogen) atoms. The molecule has 11 heteroatoms. The number of nitrogen functional groups attached to an aromatic ring is 1. The van der Waals surface area contributed by atoms with Crippen LogP contribution in [0.5, 0.6) is 0 Å². The van der Waals surface area contributed by atoms with Crippen molar-refractivity contribution >= 4 is 5.82 Å². The van der Waals surface area contributed by atoms with Crippen LogP contribution in [0.3, 0.4) is 0 Å². The van der Waals surface area contributed by atoms with Gasteiger partial charge in [0, 0.05) is 47.8 Å². The average Bonchev–Trinajstić information content (AvgIpc) is 3.57. The van der Waals surface area contributed by atoms with E-state index < -0.39 is 30.3 Å². The Balaban J connectivity index is 1.28. The smallest absolute Gasteiger partial charge is 0.383 e. The second-order valence-corrected chi connectivity index (χ2v) is 10.0.